The second kappa shape index (κ2) is 12.7. The number of ether oxygens (including phenoxy) is 2. The minimum Gasteiger partial charge on any atom is -0.518 e. The molecular weight excluding hydrogens is 798 g/mol. The maximum atomic E-state index is 6.68. The van der Waals surface area contributed by atoms with Crippen molar-refractivity contribution in [2.24, 2.45) is 10.4 Å². The van der Waals surface area contributed by atoms with Gasteiger partial charge in [-0.1, -0.05) is 119 Å². The zero-order valence-corrected chi connectivity index (χ0v) is 34.6. The van der Waals surface area contributed by atoms with Crippen molar-refractivity contribution in [1.82, 2.24) is 4.98 Å². The second-order valence-corrected chi connectivity index (χ2v) is 18.0. The van der Waals surface area contributed by atoms with Gasteiger partial charge in [0.25, 0.3) is 0 Å². The summed E-state index contributed by atoms with van der Waals surface area (Å²) in [6.45, 7) is 31.6. The molecule has 2 aliphatic rings. The summed E-state index contributed by atoms with van der Waals surface area (Å²) in [7, 11) is 0. The first kappa shape index (κ1) is 37.8. The molecule has 0 spiro atoms. The summed E-state index contributed by atoms with van der Waals surface area (Å²) in [5.41, 5.74) is 9.17. The fraction of sp³-hybridized carbons (Fsp3) is 0.455. The van der Waals surface area contributed by atoms with Gasteiger partial charge in [0, 0.05) is 34.4 Å². The molecule has 6 heteroatoms. The van der Waals surface area contributed by atoms with Gasteiger partial charge in [-0.15, -0.1) is 29.8 Å². The van der Waals surface area contributed by atoms with Crippen molar-refractivity contribution in [1.29, 1.82) is 0 Å². The van der Waals surface area contributed by atoms with Gasteiger partial charge in [0.2, 0.25) is 0 Å². The Bertz CT molecular complexity index is 1970. The van der Waals surface area contributed by atoms with Crippen LogP contribution in [0.15, 0.2) is 59.7 Å². The van der Waals surface area contributed by atoms with E-state index in [-0.39, 0.29) is 48.3 Å². The molecule has 1 aromatic heterocycles. The normalized spacial score (nSPS) is 18.4. The molecule has 5 nitrogen and oxygen atoms in total. The molecule has 0 radical (unpaired) electrons. The number of aliphatic imine (C=N–C) groups is 1. The Balaban J connectivity index is 0.00000486. The van der Waals surface area contributed by atoms with Crippen LogP contribution in [-0.2, 0) is 42.0 Å². The Hall–Kier alpha value is -3.43. The number of aromatic nitrogens is 1. The van der Waals surface area contributed by atoms with Gasteiger partial charge in [-0.2, -0.15) is 5.56 Å². The molecular formula is C44H53N3O2Pt. The summed E-state index contributed by atoms with van der Waals surface area (Å²) in [6.07, 6.45) is 1.95. The van der Waals surface area contributed by atoms with Crippen molar-refractivity contribution in [3.05, 3.63) is 106 Å². The molecule has 0 unspecified atom stereocenters. The van der Waals surface area contributed by atoms with Gasteiger partial charge in [0.05, 0.1) is 5.54 Å². The fourth-order valence-electron chi connectivity index (χ4n) is 6.52. The third-order valence-corrected chi connectivity index (χ3v) is 10.5. The Morgan fingerprint density at radius 1 is 0.760 bits per heavy atom. The molecule has 0 saturated heterocycles. The summed E-state index contributed by atoms with van der Waals surface area (Å²) in [4.78, 5) is 12.4. The SMILES string of the molecule is Cc1cc(Oc2[c-]c(C3=N[C@](C)(C(C)(C)C)CO3)cc(C(C)(C)C)c2)[c-]c(N2c3ccc(C(C)(C)C)cc3C(C)(C)c3cc(C)cnc32)c1.[Pt+2]. The standard InChI is InChI=1S/C44H53N3O2.Pt/c1-27-17-32(47-37-16-15-30(40(3,4)5)23-35(37)43(12,13)36-19-28(2)25-45-38(36)47)24-33(18-27)49-34-21-29(20-31(22-34)41(6,7)8)39-46-44(14,26-48-39)42(9,10)11;/h15-20,22-23,25H,26H2,1-14H3;/q-2;+2/t44-;/m0./s1. The van der Waals surface area contributed by atoms with Crippen molar-refractivity contribution < 1.29 is 30.5 Å². The minimum absolute atomic E-state index is 0. The van der Waals surface area contributed by atoms with E-state index in [0.29, 0.717) is 24.0 Å². The molecule has 0 fully saturated rings. The average molecular weight is 851 g/mol. The number of rotatable bonds is 4. The number of pyridine rings is 1. The molecule has 2 aliphatic heterocycles. The number of nitrogens with zero attached hydrogens (tertiary/aromatic N) is 3. The van der Waals surface area contributed by atoms with E-state index >= 15 is 0 Å². The molecule has 3 heterocycles. The predicted molar refractivity (Wildman–Crippen MR) is 202 cm³/mol. The van der Waals surface area contributed by atoms with Crippen molar-refractivity contribution in [3.8, 4) is 11.5 Å². The zero-order chi connectivity index (χ0) is 35.9. The van der Waals surface area contributed by atoms with Crippen LogP contribution in [0.1, 0.15) is 122 Å². The first-order chi connectivity index (χ1) is 22.6. The molecule has 3 aromatic carbocycles. The van der Waals surface area contributed by atoms with Gasteiger partial charge in [-0.3, -0.25) is 4.99 Å². The maximum absolute atomic E-state index is 6.68. The van der Waals surface area contributed by atoms with Crippen LogP contribution >= 0.6 is 0 Å². The quantitative estimate of drug-likeness (QED) is 0.192. The molecule has 1 atom stereocenters. The van der Waals surface area contributed by atoms with Gasteiger partial charge in [0.15, 0.2) is 0 Å². The van der Waals surface area contributed by atoms with Crippen LogP contribution < -0.4 is 9.64 Å². The van der Waals surface area contributed by atoms with E-state index in [1.807, 2.05) is 12.3 Å². The molecule has 0 aliphatic carbocycles. The van der Waals surface area contributed by atoms with Crippen molar-refractivity contribution in [3.63, 3.8) is 0 Å². The van der Waals surface area contributed by atoms with Gasteiger partial charge in [0.1, 0.15) is 18.3 Å². The van der Waals surface area contributed by atoms with E-state index in [1.54, 1.807) is 0 Å². The monoisotopic (exact) mass is 850 g/mol. The van der Waals surface area contributed by atoms with Crippen LogP contribution in [0.3, 0.4) is 0 Å². The number of hydrogen-bond donors (Lipinski definition) is 0. The summed E-state index contributed by atoms with van der Waals surface area (Å²) in [5, 5.41) is 0. The Morgan fingerprint density at radius 2 is 1.42 bits per heavy atom. The second-order valence-electron chi connectivity index (χ2n) is 18.0. The average Bonchev–Trinajstić information content (AvgIpc) is 3.40. The summed E-state index contributed by atoms with van der Waals surface area (Å²) >= 11 is 0. The van der Waals surface area contributed by atoms with E-state index in [1.165, 1.54) is 16.7 Å². The van der Waals surface area contributed by atoms with Crippen molar-refractivity contribution in [2.75, 3.05) is 11.5 Å². The van der Waals surface area contributed by atoms with Gasteiger partial charge < -0.3 is 14.4 Å². The summed E-state index contributed by atoms with van der Waals surface area (Å²) in [5.74, 6) is 2.75. The van der Waals surface area contributed by atoms with E-state index in [2.05, 4.69) is 156 Å². The molecule has 50 heavy (non-hydrogen) atoms. The number of fused-ring (bicyclic) bond motifs is 2. The van der Waals surface area contributed by atoms with Crippen LogP contribution in [0.2, 0.25) is 0 Å². The number of anilines is 3. The first-order valence-corrected chi connectivity index (χ1v) is 17.5. The molecule has 0 N–H and O–H groups in total. The van der Waals surface area contributed by atoms with Crippen LogP contribution in [0, 0.1) is 31.4 Å². The number of hydrogen-bond acceptors (Lipinski definition) is 5. The Labute approximate surface area is 315 Å². The first-order valence-electron chi connectivity index (χ1n) is 17.5. The van der Waals surface area contributed by atoms with Gasteiger partial charge in [-0.25, -0.2) is 4.98 Å². The minimum atomic E-state index is -0.329. The third kappa shape index (κ3) is 6.92. The van der Waals surface area contributed by atoms with Gasteiger partial charge >= 0.3 is 21.1 Å². The largest absolute Gasteiger partial charge is 2.00 e. The zero-order valence-electron chi connectivity index (χ0n) is 32.4. The van der Waals surface area contributed by atoms with Crippen molar-refractivity contribution >= 4 is 23.1 Å². The molecule has 266 valence electrons. The van der Waals surface area contributed by atoms with Crippen molar-refractivity contribution in [2.45, 2.75) is 119 Å². The molecule has 0 saturated carbocycles. The van der Waals surface area contributed by atoms with Gasteiger partial charge in [-0.05, 0) is 58.9 Å². The molecule has 4 aromatic rings. The van der Waals surface area contributed by atoms with E-state index in [0.717, 1.165) is 39.4 Å². The van der Waals surface area contributed by atoms with Crippen LogP contribution in [0.25, 0.3) is 0 Å². The van der Waals surface area contributed by atoms with Crippen LogP contribution in [0.4, 0.5) is 17.2 Å². The maximum Gasteiger partial charge on any atom is 2.00 e. The Morgan fingerprint density at radius 3 is 2.04 bits per heavy atom. The third-order valence-electron chi connectivity index (χ3n) is 10.5. The molecule has 0 amide bonds. The van der Waals surface area contributed by atoms with E-state index in [4.69, 9.17) is 19.5 Å². The summed E-state index contributed by atoms with van der Waals surface area (Å²) in [6, 6.07) is 24.7. The number of benzene rings is 3. The predicted octanol–water partition coefficient (Wildman–Crippen LogP) is 11.4. The summed E-state index contributed by atoms with van der Waals surface area (Å²) < 4.78 is 12.9. The molecule has 0 bridgehead atoms. The fourth-order valence-corrected chi connectivity index (χ4v) is 6.52. The number of aryl methyl sites for hydroxylation is 2. The van der Waals surface area contributed by atoms with Crippen LogP contribution in [-0.4, -0.2) is 23.0 Å². The van der Waals surface area contributed by atoms with E-state index in [9.17, 15) is 0 Å². The van der Waals surface area contributed by atoms with E-state index < -0.39 is 0 Å². The Kier molecular flexibility index (Phi) is 9.57. The smallest absolute Gasteiger partial charge is 0.518 e. The molecule has 6 rings (SSSR count). The van der Waals surface area contributed by atoms with Crippen LogP contribution in [0.5, 0.6) is 11.5 Å². The topological polar surface area (TPSA) is 47.0 Å².